The number of ether oxygens (including phenoxy) is 1. The van der Waals surface area contributed by atoms with Gasteiger partial charge in [0.2, 0.25) is 0 Å². The maximum absolute atomic E-state index is 5.15. The highest BCUT2D eigenvalue weighted by Gasteiger charge is 2.07. The summed E-state index contributed by atoms with van der Waals surface area (Å²) in [5.74, 6) is 0. The third-order valence-corrected chi connectivity index (χ3v) is 1.86. The number of hydrogen-bond donors (Lipinski definition) is 0. The Kier molecular flexibility index (Phi) is 8.03. The van der Waals surface area contributed by atoms with Gasteiger partial charge in [0, 0.05) is 6.61 Å². The minimum atomic E-state index is 0.546. The second-order valence-electron chi connectivity index (χ2n) is 3.18. The molecule has 0 aliphatic carbocycles. The van der Waals surface area contributed by atoms with E-state index in [9.17, 15) is 0 Å². The van der Waals surface area contributed by atoms with E-state index in [0.29, 0.717) is 6.10 Å². The highest BCUT2D eigenvalue weighted by atomic mass is 16.5. The molecule has 1 fully saturated rings. The van der Waals surface area contributed by atoms with Crippen molar-refractivity contribution < 1.29 is 4.74 Å². The molecule has 1 aliphatic heterocycles. The smallest absolute Gasteiger partial charge is 0.0547 e. The Hall–Kier alpha value is -0.0400. The predicted molar refractivity (Wildman–Crippen MR) is 49.8 cm³/mol. The molecule has 1 rings (SSSR count). The van der Waals surface area contributed by atoms with Gasteiger partial charge in [-0.25, -0.2) is 0 Å². The number of unbranched alkanes of at least 4 members (excludes halogenated alkanes) is 2. The molecule has 1 aliphatic rings. The fourth-order valence-corrected chi connectivity index (χ4v) is 1.09. The molecule has 0 saturated carbocycles. The van der Waals surface area contributed by atoms with E-state index in [0.717, 1.165) is 6.61 Å². The highest BCUT2D eigenvalue weighted by Crippen LogP contribution is 2.09. The van der Waals surface area contributed by atoms with E-state index in [-0.39, 0.29) is 0 Å². The van der Waals surface area contributed by atoms with Crippen molar-refractivity contribution in [2.45, 2.75) is 59.0 Å². The Morgan fingerprint density at radius 1 is 1.27 bits per heavy atom. The van der Waals surface area contributed by atoms with Gasteiger partial charge in [0.05, 0.1) is 6.10 Å². The topological polar surface area (TPSA) is 9.23 Å². The lowest BCUT2D eigenvalue weighted by Gasteiger charge is -1.94. The lowest BCUT2D eigenvalue weighted by molar-refractivity contribution is 0.125. The van der Waals surface area contributed by atoms with Crippen LogP contribution in [0, 0.1) is 0 Å². The average molecular weight is 158 g/mol. The fourth-order valence-electron chi connectivity index (χ4n) is 1.09. The average Bonchev–Trinajstić information content (AvgIpc) is 2.43. The van der Waals surface area contributed by atoms with E-state index in [1.165, 1.54) is 32.1 Å². The molecule has 1 atom stereocenters. The lowest BCUT2D eigenvalue weighted by atomic mass is 10.3. The first-order valence-electron chi connectivity index (χ1n) is 4.92. The van der Waals surface area contributed by atoms with E-state index in [4.69, 9.17) is 4.74 Å². The van der Waals surface area contributed by atoms with Crippen LogP contribution in [0.4, 0.5) is 0 Å². The first-order valence-corrected chi connectivity index (χ1v) is 4.92. The zero-order chi connectivity index (χ0) is 8.53. The van der Waals surface area contributed by atoms with Crippen molar-refractivity contribution in [2.75, 3.05) is 6.61 Å². The Balaban J connectivity index is 0.000000187. The number of hydrogen-bond acceptors (Lipinski definition) is 1. The van der Waals surface area contributed by atoms with Crippen molar-refractivity contribution in [3.63, 3.8) is 0 Å². The molecule has 1 heterocycles. The summed E-state index contributed by atoms with van der Waals surface area (Å²) in [6.45, 7) is 7.53. The van der Waals surface area contributed by atoms with Gasteiger partial charge in [-0.2, -0.15) is 0 Å². The first kappa shape index (κ1) is 11.0. The SMILES string of the molecule is CC1CCCO1.CCCCC. The highest BCUT2D eigenvalue weighted by molar-refractivity contribution is 4.56. The molecule has 0 radical (unpaired) electrons. The second-order valence-corrected chi connectivity index (χ2v) is 3.18. The molecule has 0 spiro atoms. The molecule has 0 aromatic rings. The molecule has 0 N–H and O–H groups in total. The van der Waals surface area contributed by atoms with Gasteiger partial charge in [-0.05, 0) is 19.8 Å². The third kappa shape index (κ3) is 7.86. The van der Waals surface area contributed by atoms with Crippen molar-refractivity contribution >= 4 is 0 Å². The van der Waals surface area contributed by atoms with E-state index in [2.05, 4.69) is 20.8 Å². The molecule has 1 saturated heterocycles. The minimum Gasteiger partial charge on any atom is -0.379 e. The summed E-state index contributed by atoms with van der Waals surface area (Å²) < 4.78 is 5.15. The zero-order valence-corrected chi connectivity index (χ0v) is 8.23. The Morgan fingerprint density at radius 3 is 2.00 bits per heavy atom. The van der Waals surface area contributed by atoms with Crippen molar-refractivity contribution in [1.82, 2.24) is 0 Å². The molecule has 0 amide bonds. The monoisotopic (exact) mass is 158 g/mol. The molecule has 0 bridgehead atoms. The van der Waals surface area contributed by atoms with Gasteiger partial charge < -0.3 is 4.74 Å². The predicted octanol–water partition coefficient (Wildman–Crippen LogP) is 3.38. The van der Waals surface area contributed by atoms with Crippen molar-refractivity contribution in [3.8, 4) is 0 Å². The van der Waals surface area contributed by atoms with Gasteiger partial charge in [0.15, 0.2) is 0 Å². The van der Waals surface area contributed by atoms with Crippen LogP contribution in [-0.2, 0) is 4.74 Å². The zero-order valence-electron chi connectivity index (χ0n) is 8.23. The van der Waals surface area contributed by atoms with E-state index in [1.54, 1.807) is 0 Å². The fraction of sp³-hybridized carbons (Fsp3) is 1.00. The van der Waals surface area contributed by atoms with Crippen LogP contribution in [0.15, 0.2) is 0 Å². The maximum atomic E-state index is 5.15. The van der Waals surface area contributed by atoms with Crippen LogP contribution < -0.4 is 0 Å². The molecular weight excluding hydrogens is 136 g/mol. The van der Waals surface area contributed by atoms with Gasteiger partial charge in [-0.3, -0.25) is 0 Å². The molecule has 11 heavy (non-hydrogen) atoms. The normalized spacial score (nSPS) is 22.6. The van der Waals surface area contributed by atoms with Crippen LogP contribution in [0.25, 0.3) is 0 Å². The third-order valence-electron chi connectivity index (χ3n) is 1.86. The Labute approximate surface area is 71.1 Å². The first-order chi connectivity index (χ1) is 5.31. The van der Waals surface area contributed by atoms with E-state index in [1.807, 2.05) is 0 Å². The summed E-state index contributed by atoms with van der Waals surface area (Å²) in [6.07, 6.45) is 7.15. The minimum absolute atomic E-state index is 0.546. The summed E-state index contributed by atoms with van der Waals surface area (Å²) in [5.41, 5.74) is 0. The van der Waals surface area contributed by atoms with Crippen LogP contribution in [0.1, 0.15) is 52.9 Å². The molecule has 68 valence electrons. The van der Waals surface area contributed by atoms with Gasteiger partial charge in [-0.15, -0.1) is 0 Å². The van der Waals surface area contributed by atoms with E-state index >= 15 is 0 Å². The molecule has 1 nitrogen and oxygen atoms in total. The van der Waals surface area contributed by atoms with Gasteiger partial charge in [0.25, 0.3) is 0 Å². The summed E-state index contributed by atoms with van der Waals surface area (Å²) in [5, 5.41) is 0. The van der Waals surface area contributed by atoms with Crippen LogP contribution in [0.2, 0.25) is 0 Å². The van der Waals surface area contributed by atoms with Gasteiger partial charge in [0.1, 0.15) is 0 Å². The second kappa shape index (κ2) is 8.06. The van der Waals surface area contributed by atoms with E-state index < -0.39 is 0 Å². The molecular formula is C10H22O. The summed E-state index contributed by atoms with van der Waals surface area (Å²) in [4.78, 5) is 0. The van der Waals surface area contributed by atoms with Crippen LogP contribution in [0.5, 0.6) is 0 Å². The van der Waals surface area contributed by atoms with Gasteiger partial charge in [-0.1, -0.05) is 33.1 Å². The summed E-state index contributed by atoms with van der Waals surface area (Å²) in [7, 11) is 0. The van der Waals surface area contributed by atoms with Gasteiger partial charge >= 0.3 is 0 Å². The lowest BCUT2D eigenvalue weighted by Crippen LogP contribution is -1.94. The molecule has 0 aromatic carbocycles. The molecule has 0 aromatic heterocycles. The van der Waals surface area contributed by atoms with Crippen molar-refractivity contribution in [2.24, 2.45) is 0 Å². The summed E-state index contributed by atoms with van der Waals surface area (Å²) in [6, 6.07) is 0. The Morgan fingerprint density at radius 2 is 1.91 bits per heavy atom. The van der Waals surface area contributed by atoms with Crippen LogP contribution in [0.3, 0.4) is 0 Å². The summed E-state index contributed by atoms with van der Waals surface area (Å²) >= 11 is 0. The number of rotatable bonds is 2. The van der Waals surface area contributed by atoms with Crippen molar-refractivity contribution in [3.05, 3.63) is 0 Å². The van der Waals surface area contributed by atoms with Crippen LogP contribution >= 0.6 is 0 Å². The molecule has 1 heteroatoms. The quantitative estimate of drug-likeness (QED) is 0.598. The van der Waals surface area contributed by atoms with Crippen molar-refractivity contribution in [1.29, 1.82) is 0 Å². The molecule has 1 unspecified atom stereocenters. The largest absolute Gasteiger partial charge is 0.379 e. The maximum Gasteiger partial charge on any atom is 0.0547 e. The Bertz CT molecular complexity index is 63.3. The van der Waals surface area contributed by atoms with Crippen LogP contribution in [-0.4, -0.2) is 12.7 Å². The standard InChI is InChI=1S/C5H10O.C5H12/c1-5-3-2-4-6-5;1-3-5-4-2/h5H,2-4H2,1H3;3-5H2,1-2H3.